The van der Waals surface area contributed by atoms with E-state index in [0.717, 1.165) is 274 Å². The molecule has 0 aliphatic heterocycles. The van der Waals surface area contributed by atoms with Crippen LogP contribution in [0.4, 0.5) is 14.4 Å². The molecule has 0 aromatic rings. The maximum atomic E-state index is 13.1. The van der Waals surface area contributed by atoms with Crippen LogP contribution in [0.1, 0.15) is 531 Å². The number of carbonyl (C=O) groups is 9. The van der Waals surface area contributed by atoms with E-state index in [1.165, 1.54) is 228 Å². The van der Waals surface area contributed by atoms with Crippen molar-refractivity contribution in [3.8, 4) is 0 Å². The van der Waals surface area contributed by atoms with Crippen molar-refractivity contribution in [2.45, 2.75) is 549 Å². The first-order valence-corrected chi connectivity index (χ1v) is 64.5. The number of rotatable bonds is 105. The largest absolute Gasteiger partial charge is 0.462 e. The minimum absolute atomic E-state index is 0.0406. The van der Waals surface area contributed by atoms with E-state index in [4.69, 9.17) is 28.4 Å². The van der Waals surface area contributed by atoms with Crippen molar-refractivity contribution < 1.29 is 71.6 Å². The summed E-state index contributed by atoms with van der Waals surface area (Å²) in [5.74, 6) is 1.63. The van der Waals surface area contributed by atoms with Gasteiger partial charge in [0.2, 0.25) is 0 Å². The van der Waals surface area contributed by atoms with Gasteiger partial charge in [-0.15, -0.1) is 0 Å². The molecule has 0 fully saturated rings. The van der Waals surface area contributed by atoms with Crippen LogP contribution in [0.15, 0.2) is 60.8 Å². The van der Waals surface area contributed by atoms with E-state index in [9.17, 15) is 43.2 Å². The van der Waals surface area contributed by atoms with Crippen LogP contribution in [0.3, 0.4) is 0 Å². The number of amides is 3. The van der Waals surface area contributed by atoms with E-state index in [1.54, 1.807) is 0 Å². The Hall–Kier alpha value is -5.14. The lowest BCUT2D eigenvalue weighted by atomic mass is 10.0. The SMILES string of the molecule is CCC/C=C/CCC(CC/C=C/CCC)OC(=O)CCCCCN(CCCCCC(=O)OC/C=C\CCCCCC)C(=O)SCCN(C)C.CCCCCC/C=C\COC(=O)CCCCCN(CCCCCC(=O)OC(CCCCCCC)CCCCCCC)C(=O)SCCN(C)C.CCCCCC/C=C\COC(=O)CCCCCN(CCCCCC(=O)OC(CCCCCCCC)CCCCCCCC)C(=O)SCCN(C)C. The molecule has 0 saturated carbocycles. The third-order valence-electron chi connectivity index (χ3n) is 26.6. The average Bonchev–Trinajstić information content (AvgIpc) is 0.935. The fraction of sp³-hybridized carbons (Fsp3) is 0.848. The molecule has 0 unspecified atom stereocenters. The molecule has 0 atom stereocenters. The Bertz CT molecular complexity index is 3130. The molecular formula is C125H234N6O15S3. The molecule has 0 saturated heterocycles. The number of ether oxygens (including phenoxy) is 6. The van der Waals surface area contributed by atoms with Gasteiger partial charge in [-0.25, -0.2) is 0 Å². The molecule has 21 nitrogen and oxygen atoms in total. The van der Waals surface area contributed by atoms with Crippen molar-refractivity contribution in [3.63, 3.8) is 0 Å². The van der Waals surface area contributed by atoms with Crippen LogP contribution in [-0.4, -0.2) is 238 Å². The van der Waals surface area contributed by atoms with Crippen molar-refractivity contribution in [1.82, 2.24) is 29.4 Å². The lowest BCUT2D eigenvalue weighted by Gasteiger charge is -2.23. The summed E-state index contributed by atoms with van der Waals surface area (Å²) in [5.41, 5.74) is 0. The average molecular weight is 2160 g/mol. The highest BCUT2D eigenvalue weighted by atomic mass is 32.2. The Labute approximate surface area is 930 Å². The number of thioether (sulfide) groups is 3. The van der Waals surface area contributed by atoms with Gasteiger partial charge < -0.3 is 57.8 Å². The first kappa shape index (κ1) is 148. The van der Waals surface area contributed by atoms with Gasteiger partial charge >= 0.3 is 35.8 Å². The van der Waals surface area contributed by atoms with Crippen LogP contribution in [0.25, 0.3) is 0 Å². The maximum absolute atomic E-state index is 13.1. The number of carbonyl (C=O) groups excluding carboxylic acids is 9. The minimum atomic E-state index is -0.153. The smallest absolute Gasteiger partial charge is 0.306 e. The molecule has 24 heteroatoms. The third-order valence-corrected chi connectivity index (χ3v) is 29.3. The minimum Gasteiger partial charge on any atom is -0.462 e. The van der Waals surface area contributed by atoms with Gasteiger partial charge in [-0.05, 0) is 248 Å². The van der Waals surface area contributed by atoms with Crippen molar-refractivity contribution in [2.75, 3.05) is 138 Å². The molecule has 0 N–H and O–H groups in total. The fourth-order valence-corrected chi connectivity index (χ4v) is 20.0. The van der Waals surface area contributed by atoms with E-state index in [1.807, 2.05) is 75.2 Å². The van der Waals surface area contributed by atoms with Crippen LogP contribution in [0.5, 0.6) is 0 Å². The molecule has 0 heterocycles. The summed E-state index contributed by atoms with van der Waals surface area (Å²) in [4.78, 5) is 126. The summed E-state index contributed by atoms with van der Waals surface area (Å²) < 4.78 is 34.0. The zero-order valence-electron chi connectivity index (χ0n) is 99.3. The maximum Gasteiger partial charge on any atom is 0.306 e. The monoisotopic (exact) mass is 2160 g/mol. The molecule has 0 spiro atoms. The Morgan fingerprint density at radius 2 is 0.389 bits per heavy atom. The summed E-state index contributed by atoms with van der Waals surface area (Å²) in [6.45, 7) is 27.8. The number of hydrogen-bond acceptors (Lipinski definition) is 21. The van der Waals surface area contributed by atoms with Crippen molar-refractivity contribution in [2.24, 2.45) is 0 Å². The highest BCUT2D eigenvalue weighted by molar-refractivity contribution is 8.14. The predicted octanol–water partition coefficient (Wildman–Crippen LogP) is 34.9. The van der Waals surface area contributed by atoms with Crippen LogP contribution < -0.4 is 0 Å². The second-order valence-corrected chi connectivity index (χ2v) is 45.3. The fourth-order valence-electron chi connectivity index (χ4n) is 17.0. The van der Waals surface area contributed by atoms with E-state index < -0.39 is 0 Å². The van der Waals surface area contributed by atoms with Gasteiger partial charge in [-0.1, -0.05) is 383 Å². The molecule has 0 aromatic carbocycles. The summed E-state index contributed by atoms with van der Waals surface area (Å²) in [6.07, 6.45) is 96.5. The van der Waals surface area contributed by atoms with Gasteiger partial charge in [0.05, 0.1) is 0 Å². The summed E-state index contributed by atoms with van der Waals surface area (Å²) >= 11 is 4.15. The molecule has 0 radical (unpaired) electrons. The number of esters is 6. The van der Waals surface area contributed by atoms with E-state index in [2.05, 4.69) is 120 Å². The van der Waals surface area contributed by atoms with Crippen molar-refractivity contribution in [3.05, 3.63) is 60.8 Å². The lowest BCUT2D eigenvalue weighted by Crippen LogP contribution is -2.31. The normalized spacial score (nSPS) is 11.7. The van der Waals surface area contributed by atoms with Crippen LogP contribution >= 0.6 is 35.3 Å². The number of nitrogens with zero attached hydrogens (tertiary/aromatic N) is 6. The van der Waals surface area contributed by atoms with Crippen LogP contribution in [0, 0.1) is 0 Å². The molecule has 0 aliphatic carbocycles. The summed E-state index contributed by atoms with van der Waals surface area (Å²) in [6, 6.07) is 0. The van der Waals surface area contributed by atoms with Gasteiger partial charge in [0.25, 0.3) is 15.7 Å². The Kier molecular flexibility index (Phi) is 118. The highest BCUT2D eigenvalue weighted by Gasteiger charge is 2.23. The predicted molar refractivity (Wildman–Crippen MR) is 640 cm³/mol. The molecule has 149 heavy (non-hydrogen) atoms. The second kappa shape index (κ2) is 118. The molecule has 3 amide bonds. The van der Waals surface area contributed by atoms with Crippen molar-refractivity contribution in [1.29, 1.82) is 0 Å². The van der Waals surface area contributed by atoms with Gasteiger partial charge in [0.15, 0.2) is 0 Å². The topological polar surface area (TPSA) is 228 Å². The zero-order valence-corrected chi connectivity index (χ0v) is 102. The highest BCUT2D eigenvalue weighted by Crippen LogP contribution is 2.25. The van der Waals surface area contributed by atoms with E-state index >= 15 is 0 Å². The van der Waals surface area contributed by atoms with Crippen LogP contribution in [-0.2, 0) is 57.2 Å². The Balaban J connectivity index is -0.00000215. The molecule has 0 aliphatic rings. The van der Waals surface area contributed by atoms with E-state index in [-0.39, 0.29) is 69.8 Å². The molecule has 0 bridgehead atoms. The quantitative estimate of drug-likeness (QED) is 0.0238. The Morgan fingerprint density at radius 3 is 0.617 bits per heavy atom. The lowest BCUT2D eigenvalue weighted by molar-refractivity contribution is -0.151. The summed E-state index contributed by atoms with van der Waals surface area (Å²) in [5, 5.41) is 0.373. The Morgan fingerprint density at radius 1 is 0.195 bits per heavy atom. The molecule has 0 aromatic heterocycles. The number of unbranched alkanes of at least 4 members (excludes halogenated alkanes) is 44. The third kappa shape index (κ3) is 112. The van der Waals surface area contributed by atoms with Gasteiger partial charge in [0.1, 0.15) is 38.1 Å². The number of allylic oxidation sites excluding steroid dienone is 7. The van der Waals surface area contributed by atoms with Crippen molar-refractivity contribution >= 4 is 86.8 Å². The number of hydrogen-bond donors (Lipinski definition) is 0. The molecule has 872 valence electrons. The van der Waals surface area contributed by atoms with Gasteiger partial charge in [0, 0.05) is 115 Å². The standard InChI is InChI=1S/C43H82N2O5S.C41H78N2O5S.C41H74N2O5S/c1-6-9-12-15-18-21-30-38-49-41(46)33-26-22-28-35-45(43(48)51-39-37-44(4)5)36-29-23-27-34-42(47)50-40(31-24-19-16-13-10-7-2)32-25-20-17-14-11-8-3;2*1-6-9-12-15-16-19-28-36-47-39(44)31-24-20-26-33-43(41(46)49-37-35-42(4)5)34-27-21-25-32-40(45)48-38(29-22-17-13-10-7-2)30-23-18-14-11-8-3/h21,30,40H,6-20,22-29,31-39H2,1-5H3;19,28,38H,6-18,20-27,29-37H2,1-5H3;13-14,17-19,28,38H,6-12,15-16,20-27,29-37H2,1-5H3/b30-21-;28-19-;17-13+,18-14+,28-19-. The van der Waals surface area contributed by atoms with Gasteiger partial charge in [-0.2, -0.15) is 0 Å². The first-order chi connectivity index (χ1) is 72.5. The second-order valence-electron chi connectivity index (χ2n) is 42.1. The first-order valence-electron chi connectivity index (χ1n) is 61.5. The molecule has 0 rings (SSSR count). The van der Waals surface area contributed by atoms with E-state index in [0.29, 0.717) is 97.6 Å². The van der Waals surface area contributed by atoms with Gasteiger partial charge in [-0.3, -0.25) is 43.2 Å². The zero-order chi connectivity index (χ0) is 110. The summed E-state index contributed by atoms with van der Waals surface area (Å²) in [7, 11) is 12.1. The molecular weight excluding hydrogens is 1920 g/mol. The van der Waals surface area contributed by atoms with Crippen LogP contribution in [0.2, 0.25) is 0 Å².